The Morgan fingerprint density at radius 2 is 1.85 bits per heavy atom. The Bertz CT molecular complexity index is 577. The van der Waals surface area contributed by atoms with Crippen LogP contribution in [0.4, 0.5) is 5.69 Å². The zero-order valence-corrected chi connectivity index (χ0v) is 15.3. The van der Waals surface area contributed by atoms with Gasteiger partial charge < -0.3 is 5.73 Å². The third-order valence-electron chi connectivity index (χ3n) is 3.66. The molecule has 0 atom stereocenters. The molecule has 0 amide bonds. The lowest BCUT2D eigenvalue weighted by Crippen LogP contribution is -2.37. The van der Waals surface area contributed by atoms with Crippen LogP contribution in [-0.4, -0.2) is 25.8 Å². The molecule has 1 aliphatic rings. The van der Waals surface area contributed by atoms with E-state index in [2.05, 4.69) is 31.9 Å². The van der Waals surface area contributed by atoms with Crippen molar-refractivity contribution < 1.29 is 8.42 Å². The number of anilines is 1. The van der Waals surface area contributed by atoms with Gasteiger partial charge in [0.2, 0.25) is 10.0 Å². The second-order valence-corrected chi connectivity index (χ2v) is 8.65. The Balaban J connectivity index is 2.37. The number of rotatable bonds is 5. The number of halogens is 2. The number of nitrogen functional groups attached to an aromatic ring is 1. The van der Waals surface area contributed by atoms with Gasteiger partial charge in [0.05, 0.1) is 0 Å². The molecule has 1 fully saturated rings. The first-order valence-corrected chi connectivity index (χ1v) is 9.63. The van der Waals surface area contributed by atoms with Crippen LogP contribution < -0.4 is 5.73 Å². The van der Waals surface area contributed by atoms with Gasteiger partial charge in [0, 0.05) is 27.7 Å². The summed E-state index contributed by atoms with van der Waals surface area (Å²) in [5.41, 5.74) is 6.24. The van der Waals surface area contributed by atoms with Crippen molar-refractivity contribution >= 4 is 47.6 Å². The first-order valence-electron chi connectivity index (χ1n) is 6.61. The molecule has 7 heteroatoms. The largest absolute Gasteiger partial charge is 0.399 e. The smallest absolute Gasteiger partial charge is 0.245 e. The summed E-state index contributed by atoms with van der Waals surface area (Å²) in [6, 6.07) is 3.24. The third kappa shape index (κ3) is 3.21. The summed E-state index contributed by atoms with van der Waals surface area (Å²) >= 11 is 6.63. The molecule has 1 aromatic rings. The van der Waals surface area contributed by atoms with Crippen molar-refractivity contribution in [3.63, 3.8) is 0 Å². The lowest BCUT2D eigenvalue weighted by atomic mass is 9.85. The Hall–Kier alpha value is -0.110. The van der Waals surface area contributed by atoms with E-state index in [-0.39, 0.29) is 4.90 Å². The number of benzene rings is 1. The standard InChI is InChI=1S/C13H18Br2N2O2S/c1-2-17(8-9-4-3-5-9)20(18,19)13-11(14)6-10(16)7-12(13)15/h6-7,9H,2-5,8,16H2,1H3. The maximum absolute atomic E-state index is 12.8. The molecule has 0 aliphatic heterocycles. The van der Waals surface area contributed by atoms with Crippen LogP contribution in [0.3, 0.4) is 0 Å². The van der Waals surface area contributed by atoms with E-state index in [1.54, 1.807) is 16.4 Å². The molecular weight excluding hydrogens is 408 g/mol. The van der Waals surface area contributed by atoms with Crippen molar-refractivity contribution in [1.82, 2.24) is 4.31 Å². The quantitative estimate of drug-likeness (QED) is 0.733. The number of hydrogen-bond donors (Lipinski definition) is 1. The van der Waals surface area contributed by atoms with Crippen LogP contribution >= 0.6 is 31.9 Å². The van der Waals surface area contributed by atoms with Crippen LogP contribution in [0.15, 0.2) is 26.0 Å². The fourth-order valence-electron chi connectivity index (χ4n) is 2.32. The SMILES string of the molecule is CCN(CC1CCC1)S(=O)(=O)c1c(Br)cc(N)cc1Br. The summed E-state index contributed by atoms with van der Waals surface area (Å²) < 4.78 is 28.2. The van der Waals surface area contributed by atoms with Crippen molar-refractivity contribution in [2.24, 2.45) is 5.92 Å². The lowest BCUT2D eigenvalue weighted by Gasteiger charge is -2.31. The molecule has 1 aromatic carbocycles. The van der Waals surface area contributed by atoms with Gasteiger partial charge in [-0.15, -0.1) is 0 Å². The van der Waals surface area contributed by atoms with E-state index in [9.17, 15) is 8.42 Å². The zero-order chi connectivity index (χ0) is 14.9. The van der Waals surface area contributed by atoms with Gasteiger partial charge in [0.25, 0.3) is 0 Å². The predicted molar refractivity (Wildman–Crippen MR) is 88.0 cm³/mol. The molecule has 112 valence electrons. The molecule has 0 heterocycles. The molecule has 0 radical (unpaired) electrons. The van der Waals surface area contributed by atoms with Crippen LogP contribution in [-0.2, 0) is 10.0 Å². The maximum Gasteiger partial charge on any atom is 0.245 e. The molecule has 2 rings (SSSR count). The Morgan fingerprint density at radius 3 is 2.25 bits per heavy atom. The summed E-state index contributed by atoms with van der Waals surface area (Å²) in [4.78, 5) is 0.257. The monoisotopic (exact) mass is 424 g/mol. The zero-order valence-electron chi connectivity index (χ0n) is 11.3. The van der Waals surface area contributed by atoms with E-state index in [4.69, 9.17) is 5.73 Å². The number of nitrogens with two attached hydrogens (primary N) is 1. The highest BCUT2D eigenvalue weighted by Gasteiger charge is 2.31. The highest BCUT2D eigenvalue weighted by atomic mass is 79.9. The van der Waals surface area contributed by atoms with Crippen LogP contribution in [0.25, 0.3) is 0 Å². The Labute approximate surface area is 137 Å². The molecular formula is C13H18Br2N2O2S. The number of hydrogen-bond acceptors (Lipinski definition) is 3. The van der Waals surface area contributed by atoms with Gasteiger partial charge in [0.15, 0.2) is 0 Å². The summed E-state index contributed by atoms with van der Waals surface area (Å²) in [5.74, 6) is 0.496. The fourth-order valence-corrected chi connectivity index (χ4v) is 6.38. The van der Waals surface area contributed by atoms with Crippen molar-refractivity contribution in [3.8, 4) is 0 Å². The van der Waals surface area contributed by atoms with E-state index in [1.165, 1.54) is 6.42 Å². The number of nitrogens with zero attached hydrogens (tertiary/aromatic N) is 1. The highest BCUT2D eigenvalue weighted by molar-refractivity contribution is 9.11. The molecule has 0 unspecified atom stereocenters. The summed E-state index contributed by atoms with van der Waals surface area (Å²) in [7, 11) is -3.52. The van der Waals surface area contributed by atoms with E-state index in [0.29, 0.717) is 33.6 Å². The summed E-state index contributed by atoms with van der Waals surface area (Å²) in [6.45, 7) is 2.94. The van der Waals surface area contributed by atoms with Crippen molar-refractivity contribution in [2.75, 3.05) is 18.8 Å². The van der Waals surface area contributed by atoms with E-state index in [0.717, 1.165) is 12.8 Å². The van der Waals surface area contributed by atoms with Gasteiger partial charge >= 0.3 is 0 Å². The van der Waals surface area contributed by atoms with Crippen LogP contribution in [0, 0.1) is 5.92 Å². The maximum atomic E-state index is 12.8. The fraction of sp³-hybridized carbons (Fsp3) is 0.538. The molecule has 0 bridgehead atoms. The second kappa shape index (κ2) is 6.34. The van der Waals surface area contributed by atoms with Gasteiger partial charge in [-0.25, -0.2) is 8.42 Å². The van der Waals surface area contributed by atoms with Crippen LogP contribution in [0.2, 0.25) is 0 Å². The second-order valence-electron chi connectivity index (χ2n) is 5.07. The molecule has 0 saturated heterocycles. The Morgan fingerprint density at radius 1 is 1.30 bits per heavy atom. The highest BCUT2D eigenvalue weighted by Crippen LogP contribution is 2.36. The van der Waals surface area contributed by atoms with Gasteiger partial charge in [-0.05, 0) is 62.8 Å². The average molecular weight is 426 g/mol. The molecule has 0 aromatic heterocycles. The van der Waals surface area contributed by atoms with Gasteiger partial charge in [-0.3, -0.25) is 0 Å². The number of sulfonamides is 1. The first-order chi connectivity index (χ1) is 9.36. The van der Waals surface area contributed by atoms with Crippen LogP contribution in [0.1, 0.15) is 26.2 Å². The third-order valence-corrected chi connectivity index (χ3v) is 7.48. The lowest BCUT2D eigenvalue weighted by molar-refractivity contribution is 0.250. The normalized spacial score (nSPS) is 16.4. The van der Waals surface area contributed by atoms with Crippen LogP contribution in [0.5, 0.6) is 0 Å². The minimum atomic E-state index is -3.52. The topological polar surface area (TPSA) is 63.4 Å². The molecule has 20 heavy (non-hydrogen) atoms. The Kier molecular flexibility index (Phi) is 5.15. The predicted octanol–water partition coefficient (Wildman–Crippen LogP) is 3.60. The molecule has 1 saturated carbocycles. The molecule has 4 nitrogen and oxygen atoms in total. The molecule has 0 spiro atoms. The van der Waals surface area contributed by atoms with E-state index < -0.39 is 10.0 Å². The van der Waals surface area contributed by atoms with E-state index >= 15 is 0 Å². The van der Waals surface area contributed by atoms with Gasteiger partial charge in [-0.1, -0.05) is 13.3 Å². The van der Waals surface area contributed by atoms with E-state index in [1.807, 2.05) is 6.92 Å². The minimum absolute atomic E-state index is 0.257. The van der Waals surface area contributed by atoms with Gasteiger partial charge in [0.1, 0.15) is 4.90 Å². The summed E-state index contributed by atoms with van der Waals surface area (Å²) in [6.07, 6.45) is 3.45. The molecule has 2 N–H and O–H groups in total. The van der Waals surface area contributed by atoms with Crippen molar-refractivity contribution in [1.29, 1.82) is 0 Å². The first kappa shape index (κ1) is 16.3. The van der Waals surface area contributed by atoms with Gasteiger partial charge in [-0.2, -0.15) is 4.31 Å². The average Bonchev–Trinajstić information content (AvgIpc) is 2.24. The molecule has 1 aliphatic carbocycles. The van der Waals surface area contributed by atoms with Crippen molar-refractivity contribution in [2.45, 2.75) is 31.1 Å². The minimum Gasteiger partial charge on any atom is -0.399 e. The summed E-state index contributed by atoms with van der Waals surface area (Å²) in [5, 5.41) is 0. The van der Waals surface area contributed by atoms with Crippen molar-refractivity contribution in [3.05, 3.63) is 21.1 Å².